The van der Waals surface area contributed by atoms with Gasteiger partial charge in [0.15, 0.2) is 11.5 Å². The minimum atomic E-state index is -0.0428. The van der Waals surface area contributed by atoms with Gasteiger partial charge in [-0.1, -0.05) is 19.9 Å². The average molecular weight is 355 g/mol. The number of nitrogens with one attached hydrogen (secondary N) is 1. The van der Waals surface area contributed by atoms with Gasteiger partial charge < -0.3 is 19.5 Å². The van der Waals surface area contributed by atoms with E-state index in [0.717, 1.165) is 5.75 Å². The summed E-state index contributed by atoms with van der Waals surface area (Å²) in [5.41, 5.74) is 3.28. The van der Waals surface area contributed by atoms with Crippen molar-refractivity contribution in [3.05, 3.63) is 47.5 Å². The van der Waals surface area contributed by atoms with Crippen molar-refractivity contribution in [3.63, 3.8) is 0 Å². The third kappa shape index (κ3) is 4.48. The van der Waals surface area contributed by atoms with Crippen molar-refractivity contribution >= 4 is 11.6 Å². The molecule has 0 bridgehead atoms. The number of carbonyl (C=O) groups excluding carboxylic acids is 1. The van der Waals surface area contributed by atoms with Gasteiger partial charge in [-0.25, -0.2) is 0 Å². The van der Waals surface area contributed by atoms with Gasteiger partial charge in [0.1, 0.15) is 5.75 Å². The Morgan fingerprint density at radius 2 is 1.96 bits per heavy atom. The van der Waals surface area contributed by atoms with Crippen molar-refractivity contribution in [3.8, 4) is 17.2 Å². The first kappa shape index (κ1) is 18.1. The second kappa shape index (κ2) is 8.13. The lowest BCUT2D eigenvalue weighted by atomic mass is 9.98. The highest BCUT2D eigenvalue weighted by Gasteiger charge is 2.14. The van der Waals surface area contributed by atoms with Crippen molar-refractivity contribution in [1.29, 1.82) is 0 Å². The van der Waals surface area contributed by atoms with Gasteiger partial charge in [-0.05, 0) is 54.7 Å². The van der Waals surface area contributed by atoms with Crippen LogP contribution >= 0.6 is 0 Å². The molecule has 26 heavy (non-hydrogen) atoms. The monoisotopic (exact) mass is 355 g/mol. The van der Waals surface area contributed by atoms with Crippen LogP contribution in [0.5, 0.6) is 17.2 Å². The van der Waals surface area contributed by atoms with Crippen molar-refractivity contribution < 1.29 is 19.0 Å². The average Bonchev–Trinajstić information content (AvgIpc) is 3.06. The summed E-state index contributed by atoms with van der Waals surface area (Å²) in [5.74, 6) is 2.67. The molecule has 3 rings (SSSR count). The molecule has 1 aliphatic heterocycles. The number of anilines is 1. The highest BCUT2D eigenvalue weighted by Crippen LogP contribution is 2.34. The maximum atomic E-state index is 12.1. The SMILES string of the molecule is Cc1cc(OCCCC(=O)Nc2ccc3c(c2)OCO3)ccc1C(C)C. The number of fused-ring (bicyclic) bond motifs is 1. The molecule has 0 aromatic heterocycles. The number of hydrogen-bond acceptors (Lipinski definition) is 4. The van der Waals surface area contributed by atoms with Crippen LogP contribution < -0.4 is 19.5 Å². The first-order valence-electron chi connectivity index (χ1n) is 8.96. The van der Waals surface area contributed by atoms with E-state index in [1.165, 1.54) is 11.1 Å². The predicted molar refractivity (Wildman–Crippen MR) is 101 cm³/mol. The highest BCUT2D eigenvalue weighted by molar-refractivity contribution is 5.91. The third-order valence-corrected chi connectivity index (χ3v) is 4.34. The quantitative estimate of drug-likeness (QED) is 0.735. The van der Waals surface area contributed by atoms with Gasteiger partial charge in [0.05, 0.1) is 6.61 Å². The highest BCUT2D eigenvalue weighted by atomic mass is 16.7. The fourth-order valence-electron chi connectivity index (χ4n) is 3.01. The van der Waals surface area contributed by atoms with Gasteiger partial charge in [-0.3, -0.25) is 4.79 Å². The molecule has 0 saturated heterocycles. The molecule has 138 valence electrons. The summed E-state index contributed by atoms with van der Waals surface area (Å²) in [6.45, 7) is 7.20. The summed E-state index contributed by atoms with van der Waals surface area (Å²) in [7, 11) is 0. The van der Waals surface area contributed by atoms with Crippen LogP contribution in [0.25, 0.3) is 0 Å². The second-order valence-electron chi connectivity index (χ2n) is 6.74. The molecule has 0 unspecified atom stereocenters. The lowest BCUT2D eigenvalue weighted by Crippen LogP contribution is -2.12. The molecule has 0 fully saturated rings. The molecule has 0 aliphatic carbocycles. The van der Waals surface area contributed by atoms with Crippen LogP contribution in [-0.2, 0) is 4.79 Å². The standard InChI is InChI=1S/C21H25NO4/c1-14(2)18-8-7-17(11-15(18)3)24-10-4-5-21(23)22-16-6-9-19-20(12-16)26-13-25-19/h6-9,11-12,14H,4-5,10,13H2,1-3H3,(H,22,23). The van der Waals surface area contributed by atoms with E-state index in [1.807, 2.05) is 6.07 Å². The van der Waals surface area contributed by atoms with E-state index in [2.05, 4.69) is 38.2 Å². The Morgan fingerprint density at radius 1 is 1.15 bits per heavy atom. The van der Waals surface area contributed by atoms with Gasteiger partial charge in [0.25, 0.3) is 0 Å². The predicted octanol–water partition coefficient (Wildman–Crippen LogP) is 4.64. The Bertz CT molecular complexity index is 786. The third-order valence-electron chi connectivity index (χ3n) is 4.34. The molecule has 5 heteroatoms. The number of hydrogen-bond donors (Lipinski definition) is 1. The zero-order valence-corrected chi connectivity index (χ0v) is 15.5. The second-order valence-corrected chi connectivity index (χ2v) is 6.74. The molecule has 1 heterocycles. The molecule has 2 aromatic rings. The minimum Gasteiger partial charge on any atom is -0.494 e. The van der Waals surface area contributed by atoms with E-state index < -0.39 is 0 Å². The number of benzene rings is 2. The maximum Gasteiger partial charge on any atom is 0.231 e. The van der Waals surface area contributed by atoms with Gasteiger partial charge in [0.2, 0.25) is 12.7 Å². The van der Waals surface area contributed by atoms with Gasteiger partial charge in [-0.15, -0.1) is 0 Å². The number of ether oxygens (including phenoxy) is 3. The Balaban J connectivity index is 1.42. The summed E-state index contributed by atoms with van der Waals surface area (Å²) >= 11 is 0. The number of amides is 1. The molecular weight excluding hydrogens is 330 g/mol. The van der Waals surface area contributed by atoms with E-state index in [-0.39, 0.29) is 12.7 Å². The summed E-state index contributed by atoms with van der Waals surface area (Å²) < 4.78 is 16.3. The molecule has 5 nitrogen and oxygen atoms in total. The largest absolute Gasteiger partial charge is 0.494 e. The van der Waals surface area contributed by atoms with Crippen LogP contribution in [0.2, 0.25) is 0 Å². The molecule has 2 aromatic carbocycles. The molecule has 0 spiro atoms. The van der Waals surface area contributed by atoms with Crippen molar-refractivity contribution in [2.45, 2.75) is 39.5 Å². The zero-order chi connectivity index (χ0) is 18.5. The Hall–Kier alpha value is -2.69. The van der Waals surface area contributed by atoms with E-state index in [1.54, 1.807) is 18.2 Å². The van der Waals surface area contributed by atoms with Crippen molar-refractivity contribution in [2.75, 3.05) is 18.7 Å². The Labute approximate surface area is 154 Å². The number of aryl methyl sites for hydroxylation is 1. The van der Waals surface area contributed by atoms with Crippen LogP contribution in [0.15, 0.2) is 36.4 Å². The van der Waals surface area contributed by atoms with Crippen molar-refractivity contribution in [1.82, 2.24) is 0 Å². The minimum absolute atomic E-state index is 0.0428. The smallest absolute Gasteiger partial charge is 0.231 e. The molecule has 0 radical (unpaired) electrons. The van der Waals surface area contributed by atoms with Crippen molar-refractivity contribution in [2.24, 2.45) is 0 Å². The van der Waals surface area contributed by atoms with Crippen LogP contribution in [0.4, 0.5) is 5.69 Å². The van der Waals surface area contributed by atoms with E-state index in [4.69, 9.17) is 14.2 Å². The molecular formula is C21H25NO4. The van der Waals surface area contributed by atoms with Crippen LogP contribution in [0.3, 0.4) is 0 Å². The van der Waals surface area contributed by atoms with E-state index in [0.29, 0.717) is 42.6 Å². The topological polar surface area (TPSA) is 56.8 Å². The molecule has 0 atom stereocenters. The number of carbonyl (C=O) groups is 1. The summed E-state index contributed by atoms with van der Waals surface area (Å²) in [4.78, 5) is 12.1. The fourth-order valence-corrected chi connectivity index (χ4v) is 3.01. The molecule has 1 aliphatic rings. The lowest BCUT2D eigenvalue weighted by molar-refractivity contribution is -0.116. The summed E-state index contributed by atoms with van der Waals surface area (Å²) in [5, 5.41) is 2.87. The van der Waals surface area contributed by atoms with Crippen LogP contribution in [0.1, 0.15) is 43.7 Å². The first-order chi connectivity index (χ1) is 12.5. The summed E-state index contributed by atoms with van der Waals surface area (Å²) in [6.07, 6.45) is 1.05. The zero-order valence-electron chi connectivity index (χ0n) is 15.5. The number of rotatable bonds is 7. The van der Waals surface area contributed by atoms with E-state index in [9.17, 15) is 4.79 Å². The maximum absolute atomic E-state index is 12.1. The van der Waals surface area contributed by atoms with Gasteiger partial charge >= 0.3 is 0 Å². The summed E-state index contributed by atoms with van der Waals surface area (Å²) in [6, 6.07) is 11.5. The Kier molecular flexibility index (Phi) is 5.66. The molecule has 0 saturated carbocycles. The lowest BCUT2D eigenvalue weighted by Gasteiger charge is -2.12. The normalized spacial score (nSPS) is 12.3. The Morgan fingerprint density at radius 3 is 2.73 bits per heavy atom. The van der Waals surface area contributed by atoms with Gasteiger partial charge in [-0.2, -0.15) is 0 Å². The first-order valence-corrected chi connectivity index (χ1v) is 8.96. The van der Waals surface area contributed by atoms with E-state index >= 15 is 0 Å². The molecule has 1 amide bonds. The van der Waals surface area contributed by atoms with Gasteiger partial charge in [0, 0.05) is 18.2 Å². The fraction of sp³-hybridized carbons (Fsp3) is 0.381. The van der Waals surface area contributed by atoms with Crippen LogP contribution in [-0.4, -0.2) is 19.3 Å². The molecule has 1 N–H and O–H groups in total. The van der Waals surface area contributed by atoms with Crippen LogP contribution in [0, 0.1) is 6.92 Å².